The Bertz CT molecular complexity index is 1020. The lowest BCUT2D eigenvalue weighted by Gasteiger charge is -2.24. The lowest BCUT2D eigenvalue weighted by Crippen LogP contribution is -2.52. The topological polar surface area (TPSA) is 179 Å². The van der Waals surface area contributed by atoms with Crippen molar-refractivity contribution < 1.29 is 19.1 Å². The minimum absolute atomic E-state index is 0.145. The number of aryl methyl sites for hydroxylation is 1. The van der Waals surface area contributed by atoms with Gasteiger partial charge in [-0.1, -0.05) is 41.9 Å². The van der Waals surface area contributed by atoms with Gasteiger partial charge in [0.15, 0.2) is 0 Å². The summed E-state index contributed by atoms with van der Waals surface area (Å²) in [6.07, 6.45) is 0.581. The molecule has 1 aromatic carbocycles. The number of rotatable bonds is 15. The average Bonchev–Trinajstić information content (AvgIpc) is 2.86. The Morgan fingerprint density at radius 1 is 1.08 bits per heavy atom. The van der Waals surface area contributed by atoms with Crippen LogP contribution in [0, 0.1) is 0 Å². The molecule has 2 aromatic rings. The molecule has 0 spiro atoms. The van der Waals surface area contributed by atoms with E-state index in [2.05, 4.69) is 15.6 Å². The highest BCUT2D eigenvalue weighted by Crippen LogP contribution is 2.21. The first-order valence-corrected chi connectivity index (χ1v) is 12.5. The minimum atomic E-state index is -1.16. The molecule has 0 aliphatic rings. The Hall–Kier alpha value is -3.25. The monoisotopic (exact) mass is 533 g/mol. The van der Waals surface area contributed by atoms with Gasteiger partial charge in [-0.2, -0.15) is 0 Å². The molecule has 2 rings (SSSR count). The molecule has 3 amide bonds. The Balaban J connectivity index is 2.13. The Morgan fingerprint density at radius 2 is 1.76 bits per heavy atom. The van der Waals surface area contributed by atoms with Gasteiger partial charge in [0.05, 0.1) is 19.1 Å². The summed E-state index contributed by atoms with van der Waals surface area (Å²) in [5.74, 6) is -1.17. The summed E-state index contributed by atoms with van der Waals surface area (Å²) < 4.78 is 5.38. The van der Waals surface area contributed by atoms with Crippen LogP contribution in [-0.2, 0) is 20.8 Å². The molecule has 0 fully saturated rings. The predicted molar refractivity (Wildman–Crippen MR) is 143 cm³/mol. The SMILES string of the molecule is CCOc1cc(NC(=O)C(CCc2ccccc2)NC(=O)C(N)CC(=O)N(CCN)CCN)cc(Cl)n1. The van der Waals surface area contributed by atoms with E-state index in [4.69, 9.17) is 33.5 Å². The zero-order valence-corrected chi connectivity index (χ0v) is 21.7. The number of amides is 3. The molecule has 37 heavy (non-hydrogen) atoms. The van der Waals surface area contributed by atoms with E-state index in [1.807, 2.05) is 30.3 Å². The van der Waals surface area contributed by atoms with Gasteiger partial charge in [-0.25, -0.2) is 4.98 Å². The maximum absolute atomic E-state index is 13.2. The third kappa shape index (κ3) is 10.3. The number of hydrogen-bond donors (Lipinski definition) is 5. The third-order valence-electron chi connectivity index (χ3n) is 5.41. The highest BCUT2D eigenvalue weighted by molar-refractivity contribution is 6.29. The van der Waals surface area contributed by atoms with Gasteiger partial charge >= 0.3 is 0 Å². The van der Waals surface area contributed by atoms with E-state index in [1.165, 1.54) is 17.0 Å². The number of nitrogens with zero attached hydrogens (tertiary/aromatic N) is 2. The van der Waals surface area contributed by atoms with Crippen molar-refractivity contribution in [3.63, 3.8) is 0 Å². The van der Waals surface area contributed by atoms with E-state index < -0.39 is 23.9 Å². The number of nitrogens with one attached hydrogen (secondary N) is 2. The van der Waals surface area contributed by atoms with Gasteiger partial charge in [-0.05, 0) is 31.4 Å². The van der Waals surface area contributed by atoms with Gasteiger partial charge in [0.25, 0.3) is 0 Å². The standard InChI is InChI=1S/C25H36ClN7O4/c1-2-37-22-15-18(14-21(26)32-22)30-25(36)20(9-8-17-6-4-3-5-7-17)31-24(35)19(29)16-23(34)33(12-10-27)13-11-28/h3-7,14-15,19-20H,2,8-13,16,27-29H2,1H3,(H,31,35)(H,30,32,36). The molecule has 1 aromatic heterocycles. The van der Waals surface area contributed by atoms with Crippen LogP contribution in [0.5, 0.6) is 5.88 Å². The summed E-state index contributed by atoms with van der Waals surface area (Å²) in [4.78, 5) is 44.2. The summed E-state index contributed by atoms with van der Waals surface area (Å²) in [5, 5.41) is 5.59. The highest BCUT2D eigenvalue weighted by atomic mass is 35.5. The van der Waals surface area contributed by atoms with Crippen LogP contribution < -0.4 is 32.6 Å². The van der Waals surface area contributed by atoms with Crippen molar-refractivity contribution in [3.05, 3.63) is 53.2 Å². The third-order valence-corrected chi connectivity index (χ3v) is 5.60. The van der Waals surface area contributed by atoms with Gasteiger partial charge in [0.1, 0.15) is 11.2 Å². The van der Waals surface area contributed by atoms with Crippen molar-refractivity contribution in [2.24, 2.45) is 17.2 Å². The van der Waals surface area contributed by atoms with Crippen molar-refractivity contribution >= 4 is 35.0 Å². The fourth-order valence-electron chi connectivity index (χ4n) is 3.58. The lowest BCUT2D eigenvalue weighted by atomic mass is 10.0. The summed E-state index contributed by atoms with van der Waals surface area (Å²) in [6, 6.07) is 10.5. The van der Waals surface area contributed by atoms with Crippen LogP contribution in [-0.4, -0.2) is 72.5 Å². The zero-order chi connectivity index (χ0) is 27.2. The van der Waals surface area contributed by atoms with E-state index in [9.17, 15) is 14.4 Å². The number of carbonyl (C=O) groups excluding carboxylic acids is 3. The van der Waals surface area contributed by atoms with Gasteiger partial charge in [-0.3, -0.25) is 14.4 Å². The molecule has 8 N–H and O–H groups in total. The first-order valence-electron chi connectivity index (χ1n) is 12.2. The number of aromatic nitrogens is 1. The summed E-state index contributed by atoms with van der Waals surface area (Å²) >= 11 is 6.05. The smallest absolute Gasteiger partial charge is 0.246 e. The van der Waals surface area contributed by atoms with Crippen LogP contribution in [0.3, 0.4) is 0 Å². The number of anilines is 1. The lowest BCUT2D eigenvalue weighted by molar-refractivity contribution is -0.134. The number of ether oxygens (including phenoxy) is 1. The molecule has 11 nitrogen and oxygen atoms in total. The second-order valence-electron chi connectivity index (χ2n) is 8.29. The predicted octanol–water partition coefficient (Wildman–Crippen LogP) is 0.653. The van der Waals surface area contributed by atoms with E-state index in [0.717, 1.165) is 5.56 Å². The molecule has 0 aliphatic carbocycles. The van der Waals surface area contributed by atoms with Crippen molar-refractivity contribution in [1.29, 1.82) is 0 Å². The minimum Gasteiger partial charge on any atom is -0.478 e. The number of nitrogens with two attached hydrogens (primary N) is 3. The number of pyridine rings is 1. The Labute approximate surface area is 222 Å². The molecular weight excluding hydrogens is 498 g/mol. The number of benzene rings is 1. The highest BCUT2D eigenvalue weighted by Gasteiger charge is 2.26. The van der Waals surface area contributed by atoms with Crippen LogP contribution in [0.2, 0.25) is 5.15 Å². The molecule has 0 aliphatic heterocycles. The summed E-state index contributed by atoms with van der Waals surface area (Å²) in [7, 11) is 0. The number of hydrogen-bond acceptors (Lipinski definition) is 8. The van der Waals surface area contributed by atoms with Crippen LogP contribution >= 0.6 is 11.6 Å². The zero-order valence-electron chi connectivity index (χ0n) is 21.0. The normalized spacial score (nSPS) is 12.4. The quantitative estimate of drug-likeness (QED) is 0.207. The maximum Gasteiger partial charge on any atom is 0.246 e. The molecule has 0 saturated heterocycles. The Kier molecular flexibility index (Phi) is 12.8. The van der Waals surface area contributed by atoms with Gasteiger partial charge < -0.3 is 37.5 Å². The number of halogens is 1. The number of carbonyl (C=O) groups is 3. The fourth-order valence-corrected chi connectivity index (χ4v) is 3.78. The first-order chi connectivity index (χ1) is 17.8. The van der Waals surface area contributed by atoms with E-state index in [-0.39, 0.29) is 36.5 Å². The summed E-state index contributed by atoms with van der Waals surface area (Å²) in [6.45, 7) is 3.32. The molecule has 1 heterocycles. The van der Waals surface area contributed by atoms with Crippen molar-refractivity contribution in [2.45, 2.75) is 38.3 Å². The van der Waals surface area contributed by atoms with Gasteiger partial charge in [-0.15, -0.1) is 0 Å². The van der Waals surface area contributed by atoms with E-state index >= 15 is 0 Å². The molecule has 0 bridgehead atoms. The van der Waals surface area contributed by atoms with Crippen LogP contribution in [0.4, 0.5) is 5.69 Å². The van der Waals surface area contributed by atoms with Crippen LogP contribution in [0.1, 0.15) is 25.3 Å². The van der Waals surface area contributed by atoms with Crippen molar-refractivity contribution in [3.8, 4) is 5.88 Å². The average molecular weight is 534 g/mol. The molecule has 2 unspecified atom stereocenters. The molecule has 2 atom stereocenters. The largest absolute Gasteiger partial charge is 0.478 e. The van der Waals surface area contributed by atoms with E-state index in [0.29, 0.717) is 38.2 Å². The van der Waals surface area contributed by atoms with E-state index in [1.54, 1.807) is 6.92 Å². The second-order valence-corrected chi connectivity index (χ2v) is 8.68. The first kappa shape index (κ1) is 30.0. The molecule has 202 valence electrons. The molecule has 12 heteroatoms. The Morgan fingerprint density at radius 3 is 2.38 bits per heavy atom. The second kappa shape index (κ2) is 15.8. The molecular formula is C25H36ClN7O4. The van der Waals surface area contributed by atoms with Gasteiger partial charge in [0, 0.05) is 37.9 Å². The van der Waals surface area contributed by atoms with Crippen LogP contribution in [0.25, 0.3) is 0 Å². The molecule has 0 radical (unpaired) electrons. The fraction of sp³-hybridized carbons (Fsp3) is 0.440. The van der Waals surface area contributed by atoms with Crippen molar-refractivity contribution in [1.82, 2.24) is 15.2 Å². The van der Waals surface area contributed by atoms with Crippen LogP contribution in [0.15, 0.2) is 42.5 Å². The van der Waals surface area contributed by atoms with Crippen molar-refractivity contribution in [2.75, 3.05) is 38.1 Å². The maximum atomic E-state index is 13.2. The van der Waals surface area contributed by atoms with Gasteiger partial charge in [0.2, 0.25) is 23.6 Å². The molecule has 0 saturated carbocycles. The summed E-state index contributed by atoms with van der Waals surface area (Å²) in [5.41, 5.74) is 18.5.